The molecule has 8 heteroatoms. The van der Waals surface area contributed by atoms with Gasteiger partial charge in [-0.2, -0.15) is 13.2 Å². The molecule has 0 fully saturated rings. The smallest absolute Gasteiger partial charge is 0.303 e. The van der Waals surface area contributed by atoms with Crippen LogP contribution in [0.5, 0.6) is 0 Å². The number of hydrogen-bond acceptors (Lipinski definition) is 3. The Morgan fingerprint density at radius 3 is 2.12 bits per heavy atom. The maximum absolute atomic E-state index is 12.8. The SMILES string of the molecule is O=C(Nc1c(-c2ccccc2)sc(=S)n1-c1ccccc1)C(F)(F)F. The number of alkyl halides is 3. The Morgan fingerprint density at radius 2 is 1.56 bits per heavy atom. The third-order valence-corrected chi connectivity index (χ3v) is 4.77. The van der Waals surface area contributed by atoms with Crippen LogP contribution >= 0.6 is 23.6 Å². The molecule has 1 N–H and O–H groups in total. The summed E-state index contributed by atoms with van der Waals surface area (Å²) in [6.45, 7) is 0. The van der Waals surface area contributed by atoms with Crippen molar-refractivity contribution in [2.45, 2.75) is 6.18 Å². The lowest BCUT2D eigenvalue weighted by atomic mass is 10.2. The summed E-state index contributed by atoms with van der Waals surface area (Å²) >= 11 is 6.47. The van der Waals surface area contributed by atoms with Gasteiger partial charge in [-0.1, -0.05) is 48.5 Å². The first-order valence-corrected chi connectivity index (χ1v) is 8.35. The van der Waals surface area contributed by atoms with E-state index in [0.717, 1.165) is 11.3 Å². The Kier molecular flexibility index (Phi) is 4.73. The standard InChI is InChI=1S/C17H11F3N2OS2/c18-17(19,20)15(23)21-14-13(11-7-3-1-4-8-11)25-16(24)22(14)12-9-5-2-6-10-12/h1-10H,(H,21,23). The molecule has 25 heavy (non-hydrogen) atoms. The van der Waals surface area contributed by atoms with Crippen molar-refractivity contribution in [1.82, 2.24) is 4.57 Å². The van der Waals surface area contributed by atoms with E-state index in [2.05, 4.69) is 0 Å². The molecule has 3 rings (SSSR count). The lowest BCUT2D eigenvalue weighted by Crippen LogP contribution is -2.31. The Bertz CT molecular complexity index is 948. The molecule has 0 saturated carbocycles. The number of benzene rings is 2. The first-order valence-electron chi connectivity index (χ1n) is 7.13. The molecule has 0 saturated heterocycles. The normalized spacial score (nSPS) is 11.3. The molecule has 1 aromatic heterocycles. The van der Waals surface area contributed by atoms with Crippen molar-refractivity contribution in [2.75, 3.05) is 5.32 Å². The molecule has 0 radical (unpaired) electrons. The molecular weight excluding hydrogens is 369 g/mol. The molecule has 128 valence electrons. The highest BCUT2D eigenvalue weighted by Crippen LogP contribution is 2.37. The number of aromatic nitrogens is 1. The summed E-state index contributed by atoms with van der Waals surface area (Å²) in [5, 5.41) is 1.98. The predicted molar refractivity (Wildman–Crippen MR) is 94.6 cm³/mol. The third-order valence-electron chi connectivity index (χ3n) is 3.35. The zero-order valence-corrected chi connectivity index (χ0v) is 14.2. The van der Waals surface area contributed by atoms with E-state index < -0.39 is 12.1 Å². The number of nitrogens with one attached hydrogen (secondary N) is 1. The quantitative estimate of drug-likeness (QED) is 0.614. The number of nitrogens with zero attached hydrogens (tertiary/aromatic N) is 1. The Hall–Kier alpha value is -2.45. The number of amides is 1. The van der Waals surface area contributed by atoms with Gasteiger partial charge >= 0.3 is 12.1 Å². The molecule has 0 spiro atoms. The van der Waals surface area contributed by atoms with Crippen LogP contribution in [-0.4, -0.2) is 16.7 Å². The molecule has 0 aliphatic rings. The highest BCUT2D eigenvalue weighted by molar-refractivity contribution is 7.73. The summed E-state index contributed by atoms with van der Waals surface area (Å²) < 4.78 is 40.1. The minimum atomic E-state index is -4.99. The van der Waals surface area contributed by atoms with E-state index in [4.69, 9.17) is 12.2 Å². The first kappa shape index (κ1) is 17.4. The van der Waals surface area contributed by atoms with Gasteiger partial charge in [0.05, 0.1) is 4.88 Å². The van der Waals surface area contributed by atoms with E-state index in [1.54, 1.807) is 60.7 Å². The van der Waals surface area contributed by atoms with Gasteiger partial charge in [0.1, 0.15) is 5.82 Å². The fourth-order valence-corrected chi connectivity index (χ4v) is 3.66. The zero-order valence-electron chi connectivity index (χ0n) is 12.6. The lowest BCUT2D eigenvalue weighted by molar-refractivity contribution is -0.167. The summed E-state index contributed by atoms with van der Waals surface area (Å²) in [6, 6.07) is 17.5. The zero-order chi connectivity index (χ0) is 18.0. The van der Waals surface area contributed by atoms with Gasteiger partial charge in [-0.15, -0.1) is 11.3 Å². The van der Waals surface area contributed by atoms with Gasteiger partial charge in [0.2, 0.25) is 0 Å². The first-order chi connectivity index (χ1) is 11.9. The van der Waals surface area contributed by atoms with Crippen LogP contribution in [0, 0.1) is 3.95 Å². The topological polar surface area (TPSA) is 34.0 Å². The lowest BCUT2D eigenvalue weighted by Gasteiger charge is -2.13. The summed E-state index contributed by atoms with van der Waals surface area (Å²) in [7, 11) is 0. The Morgan fingerprint density at radius 1 is 1.00 bits per heavy atom. The monoisotopic (exact) mass is 380 g/mol. The number of anilines is 1. The van der Waals surface area contributed by atoms with E-state index in [1.807, 2.05) is 5.32 Å². The average Bonchev–Trinajstić information content (AvgIpc) is 2.92. The highest BCUT2D eigenvalue weighted by Gasteiger charge is 2.39. The van der Waals surface area contributed by atoms with E-state index >= 15 is 0 Å². The van der Waals surface area contributed by atoms with Crippen molar-refractivity contribution >= 4 is 35.3 Å². The van der Waals surface area contributed by atoms with Gasteiger partial charge in [-0.25, -0.2) is 0 Å². The fourth-order valence-electron chi connectivity index (χ4n) is 2.26. The molecule has 3 aromatic rings. The van der Waals surface area contributed by atoms with Crippen LogP contribution in [0.25, 0.3) is 16.1 Å². The summed E-state index contributed by atoms with van der Waals surface area (Å²) in [5.41, 5.74) is 1.24. The van der Waals surface area contributed by atoms with Gasteiger partial charge in [-0.3, -0.25) is 9.36 Å². The fraction of sp³-hybridized carbons (Fsp3) is 0.0588. The van der Waals surface area contributed by atoms with Gasteiger partial charge in [0.15, 0.2) is 3.95 Å². The maximum atomic E-state index is 12.8. The molecule has 1 amide bonds. The number of rotatable bonds is 3. The predicted octanol–water partition coefficient (Wildman–Crippen LogP) is 5.44. The largest absolute Gasteiger partial charge is 0.471 e. The van der Waals surface area contributed by atoms with Crippen molar-refractivity contribution in [2.24, 2.45) is 0 Å². The van der Waals surface area contributed by atoms with Crippen LogP contribution in [-0.2, 0) is 4.79 Å². The van der Waals surface area contributed by atoms with Crippen molar-refractivity contribution in [3.63, 3.8) is 0 Å². The minimum Gasteiger partial charge on any atom is -0.303 e. The Labute approximate surface area is 150 Å². The van der Waals surface area contributed by atoms with Gasteiger partial charge < -0.3 is 5.32 Å². The van der Waals surface area contributed by atoms with E-state index in [-0.39, 0.29) is 5.82 Å². The van der Waals surface area contributed by atoms with Crippen LogP contribution in [0.2, 0.25) is 0 Å². The maximum Gasteiger partial charge on any atom is 0.471 e. The molecular formula is C17H11F3N2OS2. The summed E-state index contributed by atoms with van der Waals surface area (Å²) in [5.74, 6) is -2.03. The van der Waals surface area contributed by atoms with Crippen LogP contribution < -0.4 is 5.32 Å². The average molecular weight is 380 g/mol. The van der Waals surface area contributed by atoms with E-state index in [0.29, 0.717) is 20.1 Å². The molecule has 0 atom stereocenters. The van der Waals surface area contributed by atoms with Crippen molar-refractivity contribution in [3.05, 3.63) is 64.6 Å². The second-order valence-corrected chi connectivity index (χ2v) is 6.68. The van der Waals surface area contributed by atoms with Crippen LogP contribution in [0.3, 0.4) is 0 Å². The van der Waals surface area contributed by atoms with Gasteiger partial charge in [0, 0.05) is 5.69 Å². The van der Waals surface area contributed by atoms with Crippen molar-refractivity contribution < 1.29 is 18.0 Å². The van der Waals surface area contributed by atoms with Gasteiger partial charge in [0.25, 0.3) is 0 Å². The number of para-hydroxylation sites is 1. The molecule has 0 aliphatic heterocycles. The molecule has 3 nitrogen and oxygen atoms in total. The molecule has 1 heterocycles. The summed E-state index contributed by atoms with van der Waals surface area (Å²) in [6.07, 6.45) is -4.99. The van der Waals surface area contributed by atoms with Crippen LogP contribution in [0.15, 0.2) is 60.7 Å². The van der Waals surface area contributed by atoms with Crippen LogP contribution in [0.4, 0.5) is 19.0 Å². The second-order valence-electron chi connectivity index (χ2n) is 5.03. The third kappa shape index (κ3) is 3.64. The number of hydrogen-bond donors (Lipinski definition) is 1. The number of carbonyl (C=O) groups excluding carboxylic acids is 1. The molecule has 0 aliphatic carbocycles. The number of thiazole rings is 1. The molecule has 0 unspecified atom stereocenters. The molecule has 2 aromatic carbocycles. The highest BCUT2D eigenvalue weighted by atomic mass is 32.1. The van der Waals surface area contributed by atoms with Crippen molar-refractivity contribution in [3.8, 4) is 16.1 Å². The number of carbonyl (C=O) groups is 1. The Balaban J connectivity index is 2.21. The second kappa shape index (κ2) is 6.81. The van der Waals surface area contributed by atoms with Gasteiger partial charge in [-0.05, 0) is 29.9 Å². The minimum absolute atomic E-state index is 0.00900. The summed E-state index contributed by atoms with van der Waals surface area (Å²) in [4.78, 5) is 12.0. The molecule has 0 bridgehead atoms. The van der Waals surface area contributed by atoms with Crippen molar-refractivity contribution in [1.29, 1.82) is 0 Å². The van der Waals surface area contributed by atoms with E-state index in [9.17, 15) is 18.0 Å². The van der Waals surface area contributed by atoms with E-state index in [1.165, 1.54) is 4.57 Å². The number of halogens is 3. The van der Waals surface area contributed by atoms with Crippen LogP contribution in [0.1, 0.15) is 0 Å².